The monoisotopic (exact) mass is 570 g/mol. The van der Waals surface area contributed by atoms with Crippen LogP contribution >= 0.6 is 11.8 Å². The highest BCUT2D eigenvalue weighted by atomic mass is 32.2. The molecule has 0 aromatic carbocycles. The molecule has 2 atom stereocenters. The van der Waals surface area contributed by atoms with E-state index in [4.69, 9.17) is 9.97 Å². The molecule has 0 amide bonds. The molecular formula is C32H42N8S. The summed E-state index contributed by atoms with van der Waals surface area (Å²) in [6, 6.07) is 2.14. The molecule has 4 heterocycles. The van der Waals surface area contributed by atoms with Gasteiger partial charge in [0.25, 0.3) is 0 Å². The highest BCUT2D eigenvalue weighted by Crippen LogP contribution is 2.35. The van der Waals surface area contributed by atoms with Gasteiger partial charge in [0.2, 0.25) is 0 Å². The van der Waals surface area contributed by atoms with Crippen LogP contribution in [0.25, 0.3) is 22.3 Å². The van der Waals surface area contributed by atoms with Crippen molar-refractivity contribution in [2.24, 2.45) is 0 Å². The average molecular weight is 571 g/mol. The lowest BCUT2D eigenvalue weighted by atomic mass is 10.0. The number of anilines is 2. The number of allylic oxidation sites excluding steroid dienone is 5. The lowest BCUT2D eigenvalue weighted by Crippen LogP contribution is -2.44. The number of rotatable bonds is 12. The summed E-state index contributed by atoms with van der Waals surface area (Å²) in [6.07, 6.45) is 17.6. The normalized spacial score (nSPS) is 16.0. The smallest absolute Gasteiger partial charge is 0.162 e. The van der Waals surface area contributed by atoms with Crippen molar-refractivity contribution in [3.63, 3.8) is 0 Å². The van der Waals surface area contributed by atoms with Gasteiger partial charge >= 0.3 is 0 Å². The Morgan fingerprint density at radius 1 is 1.17 bits per heavy atom. The molecule has 9 heteroatoms. The van der Waals surface area contributed by atoms with E-state index in [-0.39, 0.29) is 11.3 Å². The van der Waals surface area contributed by atoms with Crippen LogP contribution in [0.4, 0.5) is 11.6 Å². The zero-order chi connectivity index (χ0) is 29.2. The first-order valence-corrected chi connectivity index (χ1v) is 15.2. The third-order valence-electron chi connectivity index (χ3n) is 7.01. The number of hydrogen-bond acceptors (Lipinski definition) is 9. The molecule has 1 aliphatic heterocycles. The zero-order valence-corrected chi connectivity index (χ0v) is 25.6. The Morgan fingerprint density at radius 2 is 1.98 bits per heavy atom. The van der Waals surface area contributed by atoms with Gasteiger partial charge in [-0.25, -0.2) is 15.0 Å². The predicted octanol–water partition coefficient (Wildman–Crippen LogP) is 6.17. The minimum Gasteiger partial charge on any atom is -0.353 e. The van der Waals surface area contributed by atoms with E-state index in [1.807, 2.05) is 49.8 Å². The van der Waals surface area contributed by atoms with Gasteiger partial charge in [0, 0.05) is 66.6 Å². The van der Waals surface area contributed by atoms with Gasteiger partial charge in [-0.2, -0.15) is 0 Å². The number of pyridine rings is 2. The van der Waals surface area contributed by atoms with Gasteiger partial charge in [0.05, 0.1) is 22.1 Å². The number of nitrogens with one attached hydrogen (secondary N) is 3. The fraction of sp³-hybridized carbons (Fsp3) is 0.375. The first-order chi connectivity index (χ1) is 20.0. The van der Waals surface area contributed by atoms with Crippen molar-refractivity contribution < 1.29 is 0 Å². The van der Waals surface area contributed by atoms with Gasteiger partial charge in [-0.3, -0.25) is 4.98 Å². The fourth-order valence-electron chi connectivity index (χ4n) is 4.85. The molecular weight excluding hydrogens is 528 g/mol. The summed E-state index contributed by atoms with van der Waals surface area (Å²) < 4.78 is 0. The Hall–Kier alpha value is -3.53. The lowest BCUT2D eigenvalue weighted by molar-refractivity contribution is 0.584. The first-order valence-electron chi connectivity index (χ1n) is 14.3. The number of thioether (sulfide) groups is 1. The first kappa shape index (κ1) is 30.4. The highest BCUT2D eigenvalue weighted by molar-refractivity contribution is 8.03. The van der Waals surface area contributed by atoms with Crippen molar-refractivity contribution in [2.45, 2.75) is 45.9 Å². The Balaban J connectivity index is 1.71. The lowest BCUT2D eigenvalue weighted by Gasteiger charge is -2.30. The molecule has 3 aromatic heterocycles. The summed E-state index contributed by atoms with van der Waals surface area (Å²) in [5, 5.41) is 12.9. The second kappa shape index (κ2) is 14.9. The van der Waals surface area contributed by atoms with Gasteiger partial charge in [-0.05, 0) is 40.3 Å². The summed E-state index contributed by atoms with van der Waals surface area (Å²) >= 11 is 1.74. The summed E-state index contributed by atoms with van der Waals surface area (Å²) in [7, 11) is 0. The fourth-order valence-corrected chi connectivity index (χ4v) is 5.71. The van der Waals surface area contributed by atoms with Crippen LogP contribution in [0.1, 0.15) is 44.9 Å². The zero-order valence-electron chi connectivity index (χ0n) is 24.8. The molecule has 0 aliphatic carbocycles. The molecule has 1 aliphatic rings. The van der Waals surface area contributed by atoms with Crippen molar-refractivity contribution >= 4 is 34.3 Å². The third-order valence-corrected chi connectivity index (χ3v) is 8.13. The van der Waals surface area contributed by atoms with Crippen LogP contribution in [-0.4, -0.2) is 57.9 Å². The van der Waals surface area contributed by atoms with E-state index in [0.29, 0.717) is 5.82 Å². The molecule has 0 spiro atoms. The standard InChI is InChI=1S/C32H42N8S/c1-7-10-11-12-13-22(4)41-28(8-2)38-30-23(5)25(14-15-36-30)31-37-27-21-34-20-26(24(6)35-9-3)29(27)32(39-31)40-18-16-33-17-19-40/h7-8,10-15,20-22,24,33,35H,1,9,16-19H2,2-6H3,(H,36,38)/b11-10-,13-12-,28-8+. The van der Waals surface area contributed by atoms with E-state index < -0.39 is 0 Å². The van der Waals surface area contributed by atoms with Crippen LogP contribution in [0.5, 0.6) is 0 Å². The van der Waals surface area contributed by atoms with E-state index in [1.165, 1.54) is 0 Å². The maximum Gasteiger partial charge on any atom is 0.162 e. The Labute approximate surface area is 248 Å². The minimum absolute atomic E-state index is 0.137. The van der Waals surface area contributed by atoms with Gasteiger partial charge in [0.1, 0.15) is 11.6 Å². The van der Waals surface area contributed by atoms with E-state index in [1.54, 1.807) is 17.8 Å². The molecule has 4 rings (SSSR count). The highest BCUT2D eigenvalue weighted by Gasteiger charge is 2.23. The molecule has 0 radical (unpaired) electrons. The van der Waals surface area contributed by atoms with Crippen molar-refractivity contribution in [3.05, 3.63) is 83.8 Å². The molecule has 216 valence electrons. The molecule has 2 unspecified atom stereocenters. The van der Waals surface area contributed by atoms with Crippen molar-refractivity contribution in [1.29, 1.82) is 0 Å². The quantitative estimate of drug-likeness (QED) is 0.221. The molecule has 0 saturated carbocycles. The maximum atomic E-state index is 5.23. The number of fused-ring (bicyclic) bond motifs is 1. The summed E-state index contributed by atoms with van der Waals surface area (Å²) in [5.41, 5.74) is 3.93. The van der Waals surface area contributed by atoms with Crippen molar-refractivity contribution in [1.82, 2.24) is 30.6 Å². The molecule has 1 fully saturated rings. The average Bonchev–Trinajstić information content (AvgIpc) is 2.99. The van der Waals surface area contributed by atoms with Crippen LogP contribution in [0.2, 0.25) is 0 Å². The van der Waals surface area contributed by atoms with Gasteiger partial charge in [-0.1, -0.05) is 50.0 Å². The molecule has 3 N–H and O–H groups in total. The van der Waals surface area contributed by atoms with Crippen LogP contribution < -0.4 is 20.9 Å². The maximum absolute atomic E-state index is 5.23. The number of aromatic nitrogens is 4. The molecule has 41 heavy (non-hydrogen) atoms. The molecule has 1 saturated heterocycles. The van der Waals surface area contributed by atoms with Gasteiger partial charge in [-0.15, -0.1) is 11.8 Å². The number of piperazine rings is 1. The van der Waals surface area contributed by atoms with Crippen LogP contribution in [0.3, 0.4) is 0 Å². The predicted molar refractivity (Wildman–Crippen MR) is 175 cm³/mol. The van der Waals surface area contributed by atoms with Gasteiger partial charge in [0.15, 0.2) is 5.82 Å². The van der Waals surface area contributed by atoms with Crippen molar-refractivity contribution in [2.75, 3.05) is 42.9 Å². The molecule has 0 bridgehead atoms. The molecule has 8 nitrogen and oxygen atoms in total. The second-order valence-corrected chi connectivity index (χ2v) is 11.4. The minimum atomic E-state index is 0.137. The largest absolute Gasteiger partial charge is 0.353 e. The van der Waals surface area contributed by atoms with E-state index in [2.05, 4.69) is 77.2 Å². The summed E-state index contributed by atoms with van der Waals surface area (Å²) in [4.78, 5) is 21.9. The summed E-state index contributed by atoms with van der Waals surface area (Å²) in [5.74, 6) is 2.45. The van der Waals surface area contributed by atoms with Crippen LogP contribution in [0, 0.1) is 6.92 Å². The van der Waals surface area contributed by atoms with Crippen molar-refractivity contribution in [3.8, 4) is 11.4 Å². The Morgan fingerprint density at radius 3 is 2.71 bits per heavy atom. The summed E-state index contributed by atoms with van der Waals surface area (Å²) in [6.45, 7) is 18.8. The number of nitrogens with zero attached hydrogens (tertiary/aromatic N) is 5. The third kappa shape index (κ3) is 7.61. The second-order valence-electron chi connectivity index (χ2n) is 9.95. The SMILES string of the molecule is C=C/C=C\C=C/C(C)S/C(=C/C)Nc1nccc(-c2nc(N3CCNCC3)c3c(C(C)NCC)cncc3n2)c1C. The van der Waals surface area contributed by atoms with E-state index >= 15 is 0 Å². The Bertz CT molecular complexity index is 1420. The number of hydrogen-bond donors (Lipinski definition) is 3. The van der Waals surface area contributed by atoms with Crippen LogP contribution in [0.15, 0.2) is 72.7 Å². The Kier molecular flexibility index (Phi) is 11.1. The van der Waals surface area contributed by atoms with E-state index in [0.717, 1.165) is 77.0 Å². The van der Waals surface area contributed by atoms with Gasteiger partial charge < -0.3 is 20.9 Å². The molecule has 3 aromatic rings. The van der Waals surface area contributed by atoms with E-state index in [9.17, 15) is 0 Å². The topological polar surface area (TPSA) is 90.9 Å². The van der Waals surface area contributed by atoms with Crippen LogP contribution in [-0.2, 0) is 0 Å².